The molecule has 0 aromatic heterocycles. The summed E-state index contributed by atoms with van der Waals surface area (Å²) >= 11 is 0. The Morgan fingerprint density at radius 1 is 0.591 bits per heavy atom. The minimum Gasteiger partial charge on any atom is -0.0622 e. The maximum atomic E-state index is 2.32. The highest BCUT2D eigenvalue weighted by Gasteiger charge is 2.30. The topological polar surface area (TPSA) is 0 Å². The van der Waals surface area contributed by atoms with E-state index in [-0.39, 0.29) is 5.41 Å². The van der Waals surface area contributed by atoms with E-state index in [4.69, 9.17) is 0 Å². The summed E-state index contributed by atoms with van der Waals surface area (Å²) in [6.07, 6.45) is 1.08. The standard InChI is InChI=1S/C22H22/c1-3-18-14-16-21(17-15-18)22(2,19-10-6-4-7-11-19)20-12-8-5-9-13-20/h4-17H,3H2,1-2H3. The van der Waals surface area contributed by atoms with Crippen LogP contribution in [0.25, 0.3) is 0 Å². The molecule has 0 heterocycles. The van der Waals surface area contributed by atoms with Gasteiger partial charge in [-0.3, -0.25) is 0 Å². The first kappa shape index (κ1) is 14.6. The second kappa shape index (κ2) is 6.19. The van der Waals surface area contributed by atoms with Crippen LogP contribution in [0, 0.1) is 0 Å². The molecule has 0 N–H and O–H groups in total. The number of aryl methyl sites for hydroxylation is 1. The quantitative estimate of drug-likeness (QED) is 0.547. The van der Waals surface area contributed by atoms with Crippen LogP contribution in [0.1, 0.15) is 36.1 Å². The summed E-state index contributed by atoms with van der Waals surface area (Å²) in [7, 11) is 0. The zero-order valence-corrected chi connectivity index (χ0v) is 13.3. The van der Waals surface area contributed by atoms with Crippen LogP contribution in [-0.4, -0.2) is 0 Å². The van der Waals surface area contributed by atoms with Crippen molar-refractivity contribution in [2.24, 2.45) is 0 Å². The number of hydrogen-bond acceptors (Lipinski definition) is 0. The Balaban J connectivity index is 2.18. The van der Waals surface area contributed by atoms with Gasteiger partial charge < -0.3 is 0 Å². The van der Waals surface area contributed by atoms with Gasteiger partial charge in [-0.1, -0.05) is 91.9 Å². The van der Waals surface area contributed by atoms with Crippen LogP contribution in [0.5, 0.6) is 0 Å². The highest BCUT2D eigenvalue weighted by Crippen LogP contribution is 2.38. The molecule has 0 aliphatic rings. The van der Waals surface area contributed by atoms with Gasteiger partial charge in [-0.2, -0.15) is 0 Å². The van der Waals surface area contributed by atoms with Crippen LogP contribution in [0.3, 0.4) is 0 Å². The molecular formula is C22H22. The van der Waals surface area contributed by atoms with Crippen molar-refractivity contribution in [2.75, 3.05) is 0 Å². The van der Waals surface area contributed by atoms with E-state index in [9.17, 15) is 0 Å². The molecule has 0 atom stereocenters. The van der Waals surface area contributed by atoms with Crippen molar-refractivity contribution in [3.8, 4) is 0 Å². The van der Waals surface area contributed by atoms with Crippen molar-refractivity contribution in [2.45, 2.75) is 25.7 Å². The zero-order chi connectivity index (χ0) is 15.4. The van der Waals surface area contributed by atoms with Gasteiger partial charge in [-0.05, 0) is 35.6 Å². The van der Waals surface area contributed by atoms with E-state index in [1.807, 2.05) is 0 Å². The second-order valence-electron chi connectivity index (χ2n) is 5.91. The molecule has 0 aliphatic heterocycles. The number of benzene rings is 3. The molecule has 22 heavy (non-hydrogen) atoms. The third kappa shape index (κ3) is 2.57. The fraction of sp³-hybridized carbons (Fsp3) is 0.182. The van der Waals surface area contributed by atoms with Crippen molar-refractivity contribution < 1.29 is 0 Å². The largest absolute Gasteiger partial charge is 0.0622 e. The van der Waals surface area contributed by atoms with Crippen molar-refractivity contribution in [1.82, 2.24) is 0 Å². The van der Waals surface area contributed by atoms with E-state index in [0.29, 0.717) is 0 Å². The molecule has 0 aliphatic carbocycles. The van der Waals surface area contributed by atoms with E-state index in [2.05, 4.69) is 98.8 Å². The molecule has 0 unspecified atom stereocenters. The summed E-state index contributed by atoms with van der Waals surface area (Å²) in [5, 5.41) is 0. The Morgan fingerprint density at radius 3 is 1.41 bits per heavy atom. The Hall–Kier alpha value is -2.34. The molecule has 3 rings (SSSR count). The Kier molecular flexibility index (Phi) is 4.11. The summed E-state index contributed by atoms with van der Waals surface area (Å²) in [4.78, 5) is 0. The van der Waals surface area contributed by atoms with Crippen LogP contribution < -0.4 is 0 Å². The normalized spacial score (nSPS) is 11.4. The molecule has 0 fully saturated rings. The molecule has 0 heteroatoms. The maximum absolute atomic E-state index is 2.32. The van der Waals surface area contributed by atoms with E-state index in [1.54, 1.807) is 0 Å². The van der Waals surface area contributed by atoms with Crippen LogP contribution in [0.4, 0.5) is 0 Å². The van der Waals surface area contributed by atoms with E-state index in [1.165, 1.54) is 22.3 Å². The molecule has 3 aromatic rings. The third-order valence-corrected chi connectivity index (χ3v) is 4.64. The maximum Gasteiger partial charge on any atom is 0.0423 e. The highest BCUT2D eigenvalue weighted by molar-refractivity contribution is 5.49. The molecule has 0 saturated carbocycles. The molecular weight excluding hydrogens is 264 g/mol. The fourth-order valence-corrected chi connectivity index (χ4v) is 3.12. The lowest BCUT2D eigenvalue weighted by atomic mass is 9.71. The lowest BCUT2D eigenvalue weighted by Crippen LogP contribution is -2.25. The van der Waals surface area contributed by atoms with Crippen molar-refractivity contribution in [3.05, 3.63) is 107 Å². The van der Waals surface area contributed by atoms with Crippen LogP contribution >= 0.6 is 0 Å². The second-order valence-corrected chi connectivity index (χ2v) is 5.91. The molecule has 0 spiro atoms. The molecule has 0 saturated heterocycles. The SMILES string of the molecule is CCc1ccc(C(C)(c2ccccc2)c2ccccc2)cc1. The van der Waals surface area contributed by atoms with Gasteiger partial charge in [0.05, 0.1) is 0 Å². The number of hydrogen-bond donors (Lipinski definition) is 0. The number of rotatable bonds is 4. The summed E-state index contributed by atoms with van der Waals surface area (Å²) in [5.74, 6) is 0. The van der Waals surface area contributed by atoms with Crippen LogP contribution in [0.2, 0.25) is 0 Å². The molecule has 110 valence electrons. The van der Waals surface area contributed by atoms with Gasteiger partial charge in [0.2, 0.25) is 0 Å². The molecule has 0 nitrogen and oxygen atoms in total. The average molecular weight is 286 g/mol. The smallest absolute Gasteiger partial charge is 0.0423 e. The first-order chi connectivity index (χ1) is 10.7. The average Bonchev–Trinajstić information content (AvgIpc) is 2.62. The predicted octanol–water partition coefficient (Wildman–Crippen LogP) is 5.60. The Bertz CT molecular complexity index is 670. The summed E-state index contributed by atoms with van der Waals surface area (Å²) in [5.41, 5.74) is 5.24. The van der Waals surface area contributed by atoms with E-state index >= 15 is 0 Å². The van der Waals surface area contributed by atoms with Gasteiger partial charge in [0.15, 0.2) is 0 Å². The Morgan fingerprint density at radius 2 is 1.00 bits per heavy atom. The highest BCUT2D eigenvalue weighted by atomic mass is 14.3. The molecule has 0 amide bonds. The molecule has 3 aromatic carbocycles. The van der Waals surface area contributed by atoms with Crippen molar-refractivity contribution in [1.29, 1.82) is 0 Å². The van der Waals surface area contributed by atoms with E-state index in [0.717, 1.165) is 6.42 Å². The fourth-order valence-electron chi connectivity index (χ4n) is 3.12. The van der Waals surface area contributed by atoms with Gasteiger partial charge in [0, 0.05) is 5.41 Å². The summed E-state index contributed by atoms with van der Waals surface area (Å²) in [6, 6.07) is 30.6. The summed E-state index contributed by atoms with van der Waals surface area (Å²) < 4.78 is 0. The monoisotopic (exact) mass is 286 g/mol. The molecule has 0 bridgehead atoms. The minimum atomic E-state index is -0.130. The lowest BCUT2D eigenvalue weighted by Gasteiger charge is -2.32. The van der Waals surface area contributed by atoms with E-state index < -0.39 is 0 Å². The van der Waals surface area contributed by atoms with Crippen molar-refractivity contribution >= 4 is 0 Å². The Labute approximate surface area is 133 Å². The predicted molar refractivity (Wildman–Crippen MR) is 94.3 cm³/mol. The van der Waals surface area contributed by atoms with Crippen LogP contribution in [-0.2, 0) is 11.8 Å². The molecule has 0 radical (unpaired) electrons. The first-order valence-electron chi connectivity index (χ1n) is 7.95. The van der Waals surface area contributed by atoms with Gasteiger partial charge in [-0.15, -0.1) is 0 Å². The third-order valence-electron chi connectivity index (χ3n) is 4.64. The van der Waals surface area contributed by atoms with Gasteiger partial charge in [-0.25, -0.2) is 0 Å². The van der Waals surface area contributed by atoms with Gasteiger partial charge >= 0.3 is 0 Å². The van der Waals surface area contributed by atoms with Crippen molar-refractivity contribution in [3.63, 3.8) is 0 Å². The van der Waals surface area contributed by atoms with Crippen LogP contribution in [0.15, 0.2) is 84.9 Å². The first-order valence-corrected chi connectivity index (χ1v) is 7.95. The zero-order valence-electron chi connectivity index (χ0n) is 13.3. The summed E-state index contributed by atoms with van der Waals surface area (Å²) in [6.45, 7) is 4.52. The van der Waals surface area contributed by atoms with Gasteiger partial charge in [0.25, 0.3) is 0 Å². The lowest BCUT2D eigenvalue weighted by molar-refractivity contribution is 0.692. The van der Waals surface area contributed by atoms with Gasteiger partial charge in [0.1, 0.15) is 0 Å². The minimum absolute atomic E-state index is 0.130.